The van der Waals surface area contributed by atoms with Crippen LogP contribution >= 0.6 is 11.6 Å². The molecule has 0 aromatic heterocycles. The fourth-order valence-electron chi connectivity index (χ4n) is 3.92. The molecule has 27 heavy (non-hydrogen) atoms. The third-order valence-electron chi connectivity index (χ3n) is 5.43. The van der Waals surface area contributed by atoms with Gasteiger partial charge in [-0.05, 0) is 60.3 Å². The molecule has 1 unspecified atom stereocenters. The van der Waals surface area contributed by atoms with Gasteiger partial charge in [0.05, 0.1) is 0 Å². The van der Waals surface area contributed by atoms with Crippen molar-refractivity contribution in [3.8, 4) is 0 Å². The summed E-state index contributed by atoms with van der Waals surface area (Å²) in [5.74, 6) is 0. The second-order valence-corrected chi connectivity index (χ2v) is 7.70. The monoisotopic (exact) mass is 377 g/mol. The molecule has 3 heteroatoms. The number of halogens is 1. The van der Waals surface area contributed by atoms with Crippen molar-refractivity contribution < 1.29 is 5.11 Å². The third-order valence-corrected chi connectivity index (χ3v) is 5.68. The molecule has 4 rings (SSSR count). The van der Waals surface area contributed by atoms with Crippen LogP contribution in [0.3, 0.4) is 0 Å². The standard InChI is InChI=1S/C24H24ClNO/c25-23-14-12-22(13-15-23)24(27,20-6-2-1-3-7-20)21-10-8-19(9-11-21)18-26-16-4-5-17-26/h1-3,6-15,27H,4-5,16-18H2. The molecule has 1 aliphatic rings. The van der Waals surface area contributed by atoms with Crippen molar-refractivity contribution in [2.75, 3.05) is 13.1 Å². The van der Waals surface area contributed by atoms with Crippen LogP contribution in [0.5, 0.6) is 0 Å². The topological polar surface area (TPSA) is 23.5 Å². The SMILES string of the molecule is OC(c1ccccc1)(c1ccc(Cl)cc1)c1ccc(CN2CCCC2)cc1. The Balaban J connectivity index is 1.71. The van der Waals surface area contributed by atoms with E-state index in [2.05, 4.69) is 17.0 Å². The van der Waals surface area contributed by atoms with Gasteiger partial charge in [-0.15, -0.1) is 0 Å². The number of hydrogen-bond acceptors (Lipinski definition) is 2. The predicted octanol–water partition coefficient (Wildman–Crippen LogP) is 5.22. The molecule has 0 bridgehead atoms. The van der Waals surface area contributed by atoms with E-state index in [0.29, 0.717) is 5.02 Å². The molecule has 1 aliphatic heterocycles. The Morgan fingerprint density at radius 2 is 1.26 bits per heavy atom. The average Bonchev–Trinajstić information content (AvgIpc) is 3.22. The number of benzene rings is 3. The van der Waals surface area contributed by atoms with Gasteiger partial charge in [0, 0.05) is 11.6 Å². The lowest BCUT2D eigenvalue weighted by Crippen LogP contribution is -2.29. The second kappa shape index (κ2) is 7.85. The van der Waals surface area contributed by atoms with E-state index in [9.17, 15) is 5.11 Å². The van der Waals surface area contributed by atoms with Crippen LogP contribution in [0.25, 0.3) is 0 Å². The van der Waals surface area contributed by atoms with Crippen molar-refractivity contribution in [1.29, 1.82) is 0 Å². The van der Waals surface area contributed by atoms with E-state index >= 15 is 0 Å². The second-order valence-electron chi connectivity index (χ2n) is 7.26. The zero-order chi connectivity index (χ0) is 18.7. The number of nitrogens with zero attached hydrogens (tertiary/aromatic N) is 1. The van der Waals surface area contributed by atoms with Gasteiger partial charge in [0.25, 0.3) is 0 Å². The van der Waals surface area contributed by atoms with Crippen LogP contribution in [0.1, 0.15) is 35.1 Å². The molecule has 3 aromatic rings. The maximum Gasteiger partial charge on any atom is 0.140 e. The first-order valence-corrected chi connectivity index (χ1v) is 9.90. The molecule has 1 heterocycles. The van der Waals surface area contributed by atoms with Crippen LogP contribution in [0.2, 0.25) is 5.02 Å². The lowest BCUT2D eigenvalue weighted by atomic mass is 9.80. The van der Waals surface area contributed by atoms with E-state index in [1.165, 1.54) is 31.5 Å². The molecule has 0 amide bonds. The molecule has 0 radical (unpaired) electrons. The minimum absolute atomic E-state index is 0.662. The van der Waals surface area contributed by atoms with Gasteiger partial charge in [0.2, 0.25) is 0 Å². The Labute approximate surface area is 166 Å². The minimum atomic E-state index is -1.21. The van der Waals surface area contributed by atoms with Crippen LogP contribution < -0.4 is 0 Å². The smallest absolute Gasteiger partial charge is 0.140 e. The van der Waals surface area contributed by atoms with Gasteiger partial charge >= 0.3 is 0 Å². The third kappa shape index (κ3) is 3.79. The molecule has 3 aromatic carbocycles. The first kappa shape index (κ1) is 18.2. The van der Waals surface area contributed by atoms with Gasteiger partial charge in [0.1, 0.15) is 5.60 Å². The van der Waals surface area contributed by atoms with Crippen molar-refractivity contribution >= 4 is 11.6 Å². The molecule has 0 saturated carbocycles. The zero-order valence-electron chi connectivity index (χ0n) is 15.3. The number of likely N-dealkylation sites (tertiary alicyclic amines) is 1. The van der Waals surface area contributed by atoms with E-state index in [0.717, 1.165) is 23.2 Å². The lowest BCUT2D eigenvalue weighted by molar-refractivity contribution is 0.125. The zero-order valence-corrected chi connectivity index (χ0v) is 16.1. The summed E-state index contributed by atoms with van der Waals surface area (Å²) >= 11 is 6.07. The van der Waals surface area contributed by atoms with E-state index in [-0.39, 0.29) is 0 Å². The quantitative estimate of drug-likeness (QED) is 0.616. The summed E-state index contributed by atoms with van der Waals surface area (Å²) in [6, 6.07) is 25.6. The van der Waals surface area contributed by atoms with Crippen molar-refractivity contribution in [1.82, 2.24) is 4.90 Å². The average molecular weight is 378 g/mol. The predicted molar refractivity (Wildman–Crippen MR) is 111 cm³/mol. The van der Waals surface area contributed by atoms with Gasteiger partial charge in [-0.2, -0.15) is 0 Å². The van der Waals surface area contributed by atoms with Crippen molar-refractivity contribution in [3.05, 3.63) is 106 Å². The van der Waals surface area contributed by atoms with Crippen LogP contribution in [0.4, 0.5) is 0 Å². The summed E-state index contributed by atoms with van der Waals surface area (Å²) in [5.41, 5.74) is 2.59. The van der Waals surface area contributed by atoms with Crippen LogP contribution in [-0.4, -0.2) is 23.1 Å². The molecule has 138 valence electrons. The van der Waals surface area contributed by atoms with E-state index in [1.807, 2.05) is 66.7 Å². The molecular weight excluding hydrogens is 354 g/mol. The summed E-state index contributed by atoms with van der Waals surface area (Å²) in [5, 5.41) is 12.5. The fourth-order valence-corrected chi connectivity index (χ4v) is 4.05. The minimum Gasteiger partial charge on any atom is -0.376 e. The highest BCUT2D eigenvalue weighted by molar-refractivity contribution is 6.30. The van der Waals surface area contributed by atoms with Crippen molar-refractivity contribution in [3.63, 3.8) is 0 Å². The summed E-state index contributed by atoms with van der Waals surface area (Å²) in [4.78, 5) is 2.48. The Kier molecular flexibility index (Phi) is 5.31. The molecule has 1 atom stereocenters. The van der Waals surface area contributed by atoms with Crippen molar-refractivity contribution in [2.45, 2.75) is 25.0 Å². The first-order chi connectivity index (χ1) is 13.2. The largest absolute Gasteiger partial charge is 0.376 e. The normalized spacial score (nSPS) is 17.0. The van der Waals surface area contributed by atoms with Gasteiger partial charge < -0.3 is 5.11 Å². The van der Waals surface area contributed by atoms with Crippen LogP contribution in [0, 0.1) is 0 Å². The first-order valence-electron chi connectivity index (χ1n) is 9.52. The Morgan fingerprint density at radius 1 is 0.741 bits per heavy atom. The Bertz CT molecular complexity index is 871. The molecular formula is C24H24ClNO. The van der Waals surface area contributed by atoms with Crippen LogP contribution in [0.15, 0.2) is 78.9 Å². The maximum atomic E-state index is 11.8. The van der Waals surface area contributed by atoms with E-state index < -0.39 is 5.60 Å². The van der Waals surface area contributed by atoms with Gasteiger partial charge in [-0.3, -0.25) is 4.90 Å². The van der Waals surface area contributed by atoms with Crippen LogP contribution in [-0.2, 0) is 12.1 Å². The van der Waals surface area contributed by atoms with E-state index in [4.69, 9.17) is 11.6 Å². The van der Waals surface area contributed by atoms with Gasteiger partial charge in [-0.1, -0.05) is 78.3 Å². The summed E-state index contributed by atoms with van der Waals surface area (Å²) < 4.78 is 0. The molecule has 1 fully saturated rings. The fraction of sp³-hybridized carbons (Fsp3) is 0.250. The summed E-state index contributed by atoms with van der Waals surface area (Å²) in [7, 11) is 0. The molecule has 1 N–H and O–H groups in total. The highest BCUT2D eigenvalue weighted by Gasteiger charge is 2.33. The highest BCUT2D eigenvalue weighted by Crippen LogP contribution is 2.37. The summed E-state index contributed by atoms with van der Waals surface area (Å²) in [6.45, 7) is 3.34. The Morgan fingerprint density at radius 3 is 1.85 bits per heavy atom. The van der Waals surface area contributed by atoms with Crippen molar-refractivity contribution in [2.24, 2.45) is 0 Å². The van der Waals surface area contributed by atoms with Gasteiger partial charge in [-0.25, -0.2) is 0 Å². The number of rotatable bonds is 5. The molecule has 0 aliphatic carbocycles. The van der Waals surface area contributed by atoms with Gasteiger partial charge in [0.15, 0.2) is 0 Å². The molecule has 0 spiro atoms. The molecule has 1 saturated heterocycles. The molecule has 2 nitrogen and oxygen atoms in total. The Hall–Kier alpha value is -2.13. The lowest BCUT2D eigenvalue weighted by Gasteiger charge is -2.30. The highest BCUT2D eigenvalue weighted by atomic mass is 35.5. The number of aliphatic hydroxyl groups is 1. The van der Waals surface area contributed by atoms with E-state index in [1.54, 1.807) is 0 Å². The maximum absolute atomic E-state index is 11.8. The number of hydrogen-bond donors (Lipinski definition) is 1. The summed E-state index contributed by atoms with van der Waals surface area (Å²) in [6.07, 6.45) is 2.59.